The largest absolute Gasteiger partial charge is 0.416 e. The maximum atomic E-state index is 12.5. The summed E-state index contributed by atoms with van der Waals surface area (Å²) in [6.07, 6.45) is -4.51. The summed E-state index contributed by atoms with van der Waals surface area (Å²) in [5.41, 5.74) is 4.74. The Hall–Kier alpha value is -1.72. The van der Waals surface area contributed by atoms with Gasteiger partial charge in [0.2, 0.25) is 0 Å². The number of nitrogens with one attached hydrogen (secondary N) is 1. The molecular formula is C10H11F3N2O. The van der Waals surface area contributed by atoms with Crippen LogP contribution in [0.3, 0.4) is 0 Å². The number of benzene rings is 1. The topological polar surface area (TPSA) is 55.1 Å². The molecule has 0 radical (unpaired) electrons. The minimum atomic E-state index is -4.51. The summed E-state index contributed by atoms with van der Waals surface area (Å²) in [5.74, 6) is -0.588. The predicted octanol–water partition coefficient (Wildman–Crippen LogP) is 1.96. The van der Waals surface area contributed by atoms with E-state index in [2.05, 4.69) is 5.32 Å². The van der Waals surface area contributed by atoms with E-state index < -0.39 is 17.6 Å². The maximum Gasteiger partial charge on any atom is 0.416 e. The third-order valence-electron chi connectivity index (χ3n) is 2.25. The van der Waals surface area contributed by atoms with Crippen LogP contribution in [0.2, 0.25) is 0 Å². The fourth-order valence-electron chi connectivity index (χ4n) is 1.27. The highest BCUT2D eigenvalue weighted by Crippen LogP contribution is 2.32. The summed E-state index contributed by atoms with van der Waals surface area (Å²) in [6.45, 7) is 1.50. The highest BCUT2D eigenvalue weighted by Gasteiger charge is 2.32. The van der Waals surface area contributed by atoms with Crippen molar-refractivity contribution in [2.24, 2.45) is 0 Å². The third-order valence-corrected chi connectivity index (χ3v) is 2.25. The summed E-state index contributed by atoms with van der Waals surface area (Å²) >= 11 is 0. The quantitative estimate of drug-likeness (QED) is 0.727. The van der Waals surface area contributed by atoms with Gasteiger partial charge in [-0.15, -0.1) is 0 Å². The van der Waals surface area contributed by atoms with E-state index in [1.165, 1.54) is 14.0 Å². The number of alkyl halides is 3. The van der Waals surface area contributed by atoms with Crippen LogP contribution in [0.1, 0.15) is 21.5 Å². The molecule has 0 saturated heterocycles. The van der Waals surface area contributed by atoms with Gasteiger partial charge in [0.05, 0.1) is 5.56 Å². The Kier molecular flexibility index (Phi) is 3.11. The van der Waals surface area contributed by atoms with Gasteiger partial charge in [0.15, 0.2) is 0 Å². The second kappa shape index (κ2) is 4.03. The average Bonchev–Trinajstić information content (AvgIpc) is 2.19. The van der Waals surface area contributed by atoms with Crippen LogP contribution in [0.4, 0.5) is 18.9 Å². The molecule has 1 rings (SSSR count). The Morgan fingerprint density at radius 1 is 1.38 bits per heavy atom. The van der Waals surface area contributed by atoms with Gasteiger partial charge in [-0.2, -0.15) is 13.2 Å². The van der Waals surface area contributed by atoms with E-state index in [1.54, 1.807) is 0 Å². The Morgan fingerprint density at radius 2 is 1.94 bits per heavy atom. The molecule has 16 heavy (non-hydrogen) atoms. The lowest BCUT2D eigenvalue weighted by Gasteiger charge is -2.12. The number of hydrogen-bond acceptors (Lipinski definition) is 2. The van der Waals surface area contributed by atoms with Crippen LogP contribution < -0.4 is 11.1 Å². The highest BCUT2D eigenvalue weighted by atomic mass is 19.4. The van der Waals surface area contributed by atoms with Crippen LogP contribution in [0.5, 0.6) is 0 Å². The van der Waals surface area contributed by atoms with E-state index in [4.69, 9.17) is 5.73 Å². The summed E-state index contributed by atoms with van der Waals surface area (Å²) in [6, 6.07) is 1.62. The maximum absolute atomic E-state index is 12.5. The number of halogens is 3. The lowest BCUT2D eigenvalue weighted by Crippen LogP contribution is -2.20. The SMILES string of the molecule is CNC(=O)c1cc(C(F)(F)F)cc(N)c1C. The highest BCUT2D eigenvalue weighted by molar-refractivity contribution is 5.97. The van der Waals surface area contributed by atoms with E-state index in [1.807, 2.05) is 0 Å². The first-order valence-corrected chi connectivity index (χ1v) is 4.46. The van der Waals surface area contributed by atoms with Gasteiger partial charge in [0.25, 0.3) is 5.91 Å². The van der Waals surface area contributed by atoms with Crippen LogP contribution in [-0.2, 0) is 6.18 Å². The van der Waals surface area contributed by atoms with E-state index in [-0.39, 0.29) is 11.3 Å². The molecule has 0 bridgehead atoms. The fraction of sp³-hybridized carbons (Fsp3) is 0.300. The van der Waals surface area contributed by atoms with E-state index in [0.717, 1.165) is 12.1 Å². The van der Waals surface area contributed by atoms with Gasteiger partial charge in [-0.25, -0.2) is 0 Å². The summed E-state index contributed by atoms with van der Waals surface area (Å²) in [5, 5.41) is 2.27. The van der Waals surface area contributed by atoms with Crippen LogP contribution in [0, 0.1) is 6.92 Å². The number of nitrogen functional groups attached to an aromatic ring is 1. The van der Waals surface area contributed by atoms with Gasteiger partial charge in [0, 0.05) is 18.3 Å². The molecule has 0 saturated carbocycles. The van der Waals surface area contributed by atoms with Gasteiger partial charge in [-0.05, 0) is 24.6 Å². The number of hydrogen-bond donors (Lipinski definition) is 2. The molecule has 0 atom stereocenters. The average molecular weight is 232 g/mol. The summed E-state index contributed by atoms with van der Waals surface area (Å²) in [7, 11) is 1.35. The van der Waals surface area contributed by atoms with Crippen molar-refractivity contribution in [1.82, 2.24) is 5.32 Å². The van der Waals surface area contributed by atoms with E-state index in [9.17, 15) is 18.0 Å². The molecule has 0 aliphatic heterocycles. The number of carbonyl (C=O) groups excluding carboxylic acids is 1. The van der Waals surface area contributed by atoms with Crippen molar-refractivity contribution < 1.29 is 18.0 Å². The molecule has 1 aromatic carbocycles. The molecule has 3 nitrogen and oxygen atoms in total. The Morgan fingerprint density at radius 3 is 2.38 bits per heavy atom. The lowest BCUT2D eigenvalue weighted by atomic mass is 10.0. The summed E-state index contributed by atoms with van der Waals surface area (Å²) < 4.78 is 37.4. The van der Waals surface area contributed by atoms with Crippen molar-refractivity contribution in [3.05, 3.63) is 28.8 Å². The zero-order chi connectivity index (χ0) is 12.5. The van der Waals surface area contributed by atoms with Gasteiger partial charge in [-0.1, -0.05) is 0 Å². The van der Waals surface area contributed by atoms with E-state index >= 15 is 0 Å². The molecule has 6 heteroatoms. The third kappa shape index (κ3) is 2.26. The molecule has 0 heterocycles. The van der Waals surface area contributed by atoms with E-state index in [0.29, 0.717) is 5.56 Å². The molecule has 0 fully saturated rings. The normalized spacial score (nSPS) is 11.3. The number of anilines is 1. The molecular weight excluding hydrogens is 221 g/mol. The monoisotopic (exact) mass is 232 g/mol. The molecule has 0 spiro atoms. The second-order valence-electron chi connectivity index (χ2n) is 3.31. The van der Waals surface area contributed by atoms with Crippen LogP contribution in [-0.4, -0.2) is 13.0 Å². The lowest BCUT2D eigenvalue weighted by molar-refractivity contribution is -0.137. The number of carbonyl (C=O) groups is 1. The van der Waals surface area contributed by atoms with Crippen molar-refractivity contribution in [2.75, 3.05) is 12.8 Å². The smallest absolute Gasteiger partial charge is 0.398 e. The van der Waals surface area contributed by atoms with Gasteiger partial charge in [-0.3, -0.25) is 4.79 Å². The number of amides is 1. The van der Waals surface area contributed by atoms with Crippen LogP contribution in [0.25, 0.3) is 0 Å². The molecule has 88 valence electrons. The van der Waals surface area contributed by atoms with Crippen LogP contribution >= 0.6 is 0 Å². The Bertz CT molecular complexity index is 427. The summed E-state index contributed by atoms with van der Waals surface area (Å²) in [4.78, 5) is 11.3. The minimum absolute atomic E-state index is 0.0478. The van der Waals surface area contributed by atoms with Gasteiger partial charge >= 0.3 is 6.18 Å². The van der Waals surface area contributed by atoms with Crippen LogP contribution in [0.15, 0.2) is 12.1 Å². The number of rotatable bonds is 1. The molecule has 0 aromatic heterocycles. The second-order valence-corrected chi connectivity index (χ2v) is 3.31. The first-order chi connectivity index (χ1) is 7.27. The van der Waals surface area contributed by atoms with Gasteiger partial charge in [0.1, 0.15) is 0 Å². The van der Waals surface area contributed by atoms with Crippen molar-refractivity contribution in [3.63, 3.8) is 0 Å². The minimum Gasteiger partial charge on any atom is -0.398 e. The first-order valence-electron chi connectivity index (χ1n) is 4.46. The van der Waals surface area contributed by atoms with Gasteiger partial charge < -0.3 is 11.1 Å². The molecule has 3 N–H and O–H groups in total. The molecule has 1 amide bonds. The van der Waals surface area contributed by atoms with Crippen molar-refractivity contribution in [2.45, 2.75) is 13.1 Å². The molecule has 0 unspecified atom stereocenters. The molecule has 0 aliphatic rings. The standard InChI is InChI=1S/C10H11F3N2O/c1-5-7(9(16)15-2)3-6(4-8(5)14)10(11,12)13/h3-4H,14H2,1-2H3,(H,15,16). The van der Waals surface area contributed by atoms with Crippen molar-refractivity contribution in [1.29, 1.82) is 0 Å². The van der Waals surface area contributed by atoms with Crippen molar-refractivity contribution >= 4 is 11.6 Å². The Labute approximate surface area is 90.4 Å². The zero-order valence-corrected chi connectivity index (χ0v) is 8.77. The first kappa shape index (κ1) is 12.4. The Balaban J connectivity index is 3.39. The number of nitrogens with two attached hydrogens (primary N) is 1. The molecule has 0 aliphatic carbocycles. The fourth-order valence-corrected chi connectivity index (χ4v) is 1.27. The van der Waals surface area contributed by atoms with Crippen molar-refractivity contribution in [3.8, 4) is 0 Å². The molecule has 1 aromatic rings. The zero-order valence-electron chi connectivity index (χ0n) is 8.77. The predicted molar refractivity (Wildman–Crippen MR) is 54.0 cm³/mol.